The smallest absolute Gasteiger partial charge is 0.357 e. The molecule has 3 aromatic rings. The predicted molar refractivity (Wildman–Crippen MR) is 87.0 cm³/mol. The topological polar surface area (TPSA) is 88.7 Å². The van der Waals surface area contributed by atoms with Crippen molar-refractivity contribution in [2.45, 2.75) is 25.7 Å². The first-order chi connectivity index (χ1) is 11.8. The number of amides is 1. The molecule has 0 radical (unpaired) electrons. The van der Waals surface area contributed by atoms with Gasteiger partial charge in [-0.2, -0.15) is 18.3 Å². The standard InChI is InChI=1S/C16H16F3N5O/c17-16(18,19)4-6-24-5-3-14(23-24)22-15(25)11-2-1-10-7-12(9-20)21-13(10)8-11/h1-3,5,7-8,21H,4,6,9,20H2,(H,22,23,25). The van der Waals surface area contributed by atoms with Crippen LogP contribution in [0.3, 0.4) is 0 Å². The first kappa shape index (κ1) is 17.0. The zero-order valence-corrected chi connectivity index (χ0v) is 13.1. The van der Waals surface area contributed by atoms with Gasteiger partial charge in [0, 0.05) is 42.1 Å². The minimum absolute atomic E-state index is 0.196. The summed E-state index contributed by atoms with van der Waals surface area (Å²) in [5.74, 6) is -0.201. The minimum Gasteiger partial charge on any atom is -0.357 e. The van der Waals surface area contributed by atoms with Gasteiger partial charge in [0.05, 0.1) is 6.42 Å². The number of carbonyl (C=O) groups is 1. The molecule has 3 rings (SSSR count). The molecule has 0 atom stereocenters. The SMILES string of the molecule is NCc1cc2ccc(C(=O)Nc3ccn(CCC(F)(F)F)n3)cc2[nH]1. The Kier molecular flexibility index (Phi) is 4.49. The number of aromatic amines is 1. The highest BCUT2D eigenvalue weighted by molar-refractivity contribution is 6.05. The second kappa shape index (κ2) is 6.60. The fraction of sp³-hybridized carbons (Fsp3) is 0.250. The molecule has 1 aromatic carbocycles. The van der Waals surface area contributed by atoms with E-state index < -0.39 is 18.5 Å². The number of nitrogens with zero attached hydrogens (tertiary/aromatic N) is 2. The van der Waals surface area contributed by atoms with Crippen LogP contribution in [0.2, 0.25) is 0 Å². The van der Waals surface area contributed by atoms with Crippen LogP contribution in [0.5, 0.6) is 0 Å². The number of carbonyl (C=O) groups excluding carboxylic acids is 1. The first-order valence-electron chi connectivity index (χ1n) is 7.57. The Bertz CT molecular complexity index is 897. The van der Waals surface area contributed by atoms with Gasteiger partial charge in [0.15, 0.2) is 5.82 Å². The lowest BCUT2D eigenvalue weighted by molar-refractivity contribution is -0.137. The van der Waals surface area contributed by atoms with Crippen LogP contribution >= 0.6 is 0 Å². The Hall–Kier alpha value is -2.81. The molecule has 0 fully saturated rings. The number of benzene rings is 1. The Balaban J connectivity index is 1.68. The molecule has 0 saturated heterocycles. The molecular formula is C16H16F3N5O. The van der Waals surface area contributed by atoms with Crippen LogP contribution in [-0.4, -0.2) is 26.8 Å². The molecule has 0 saturated carbocycles. The van der Waals surface area contributed by atoms with E-state index >= 15 is 0 Å². The number of halogens is 3. The fourth-order valence-electron chi connectivity index (χ4n) is 2.42. The highest BCUT2D eigenvalue weighted by Crippen LogP contribution is 2.21. The average Bonchev–Trinajstić information content (AvgIpc) is 3.17. The highest BCUT2D eigenvalue weighted by Gasteiger charge is 2.26. The summed E-state index contributed by atoms with van der Waals surface area (Å²) in [4.78, 5) is 15.4. The van der Waals surface area contributed by atoms with E-state index in [1.807, 2.05) is 6.07 Å². The van der Waals surface area contributed by atoms with Crippen LogP contribution in [0.25, 0.3) is 10.9 Å². The summed E-state index contributed by atoms with van der Waals surface area (Å²) in [6, 6.07) is 8.49. The van der Waals surface area contributed by atoms with Crippen molar-refractivity contribution in [2.75, 3.05) is 5.32 Å². The number of rotatable bonds is 5. The number of anilines is 1. The molecule has 25 heavy (non-hydrogen) atoms. The van der Waals surface area contributed by atoms with Crippen molar-refractivity contribution in [1.29, 1.82) is 0 Å². The third-order valence-electron chi connectivity index (χ3n) is 3.67. The number of hydrogen-bond acceptors (Lipinski definition) is 3. The monoisotopic (exact) mass is 351 g/mol. The summed E-state index contributed by atoms with van der Waals surface area (Å²) in [6.45, 7) is 0.0707. The lowest BCUT2D eigenvalue weighted by atomic mass is 10.1. The third-order valence-corrected chi connectivity index (χ3v) is 3.67. The molecule has 0 aliphatic rings. The number of fused-ring (bicyclic) bond motifs is 1. The van der Waals surface area contributed by atoms with Gasteiger partial charge >= 0.3 is 6.18 Å². The Morgan fingerprint density at radius 1 is 1.28 bits per heavy atom. The van der Waals surface area contributed by atoms with Crippen LogP contribution in [0.4, 0.5) is 19.0 Å². The zero-order chi connectivity index (χ0) is 18.0. The number of alkyl halides is 3. The molecule has 132 valence electrons. The van der Waals surface area contributed by atoms with E-state index in [-0.39, 0.29) is 12.4 Å². The van der Waals surface area contributed by atoms with Gasteiger partial charge in [0.1, 0.15) is 0 Å². The largest absolute Gasteiger partial charge is 0.390 e. The molecule has 2 aromatic heterocycles. The second-order valence-electron chi connectivity index (χ2n) is 5.58. The Labute approximate surface area is 140 Å². The van der Waals surface area contributed by atoms with Gasteiger partial charge in [-0.1, -0.05) is 6.07 Å². The van der Waals surface area contributed by atoms with Crippen molar-refractivity contribution in [3.63, 3.8) is 0 Å². The van der Waals surface area contributed by atoms with Crippen molar-refractivity contribution in [3.05, 3.63) is 47.8 Å². The van der Waals surface area contributed by atoms with Gasteiger partial charge in [-0.05, 0) is 23.6 Å². The molecule has 4 N–H and O–H groups in total. The van der Waals surface area contributed by atoms with Crippen molar-refractivity contribution in [2.24, 2.45) is 5.73 Å². The van der Waals surface area contributed by atoms with E-state index in [0.717, 1.165) is 21.3 Å². The van der Waals surface area contributed by atoms with E-state index in [1.165, 1.54) is 12.3 Å². The molecule has 0 spiro atoms. The minimum atomic E-state index is -4.25. The first-order valence-corrected chi connectivity index (χ1v) is 7.57. The van der Waals surface area contributed by atoms with E-state index in [0.29, 0.717) is 12.1 Å². The van der Waals surface area contributed by atoms with Crippen LogP contribution in [0.15, 0.2) is 36.5 Å². The number of nitrogens with one attached hydrogen (secondary N) is 2. The number of aromatic nitrogens is 3. The van der Waals surface area contributed by atoms with Gasteiger partial charge in [-0.15, -0.1) is 0 Å². The zero-order valence-electron chi connectivity index (χ0n) is 13.1. The maximum atomic E-state index is 12.3. The quantitative estimate of drug-likeness (QED) is 0.660. The number of hydrogen-bond donors (Lipinski definition) is 3. The molecule has 0 aliphatic carbocycles. The maximum Gasteiger partial charge on any atom is 0.390 e. The number of H-pyrrole nitrogens is 1. The summed E-state index contributed by atoms with van der Waals surface area (Å²) in [6.07, 6.45) is -3.83. The van der Waals surface area contributed by atoms with Gasteiger partial charge < -0.3 is 16.0 Å². The molecule has 2 heterocycles. The Morgan fingerprint density at radius 2 is 2.08 bits per heavy atom. The summed E-state index contributed by atoms with van der Waals surface area (Å²) in [7, 11) is 0. The fourth-order valence-corrected chi connectivity index (χ4v) is 2.42. The predicted octanol–water partition coefficient (Wildman–Crippen LogP) is 3.03. The van der Waals surface area contributed by atoms with Crippen LogP contribution in [0, 0.1) is 0 Å². The lowest BCUT2D eigenvalue weighted by Gasteiger charge is -2.06. The Morgan fingerprint density at radius 3 is 2.80 bits per heavy atom. The normalized spacial score (nSPS) is 11.8. The van der Waals surface area contributed by atoms with Gasteiger partial charge in [-0.3, -0.25) is 9.48 Å². The summed E-state index contributed by atoms with van der Waals surface area (Å²) >= 11 is 0. The maximum absolute atomic E-state index is 12.3. The van der Waals surface area contributed by atoms with E-state index in [9.17, 15) is 18.0 Å². The van der Waals surface area contributed by atoms with Gasteiger partial charge in [0.25, 0.3) is 5.91 Å². The van der Waals surface area contributed by atoms with Crippen LogP contribution in [0.1, 0.15) is 22.5 Å². The van der Waals surface area contributed by atoms with Crippen molar-refractivity contribution >= 4 is 22.6 Å². The van der Waals surface area contributed by atoms with E-state index in [4.69, 9.17) is 5.73 Å². The lowest BCUT2D eigenvalue weighted by Crippen LogP contribution is -2.14. The molecule has 0 aliphatic heterocycles. The highest BCUT2D eigenvalue weighted by atomic mass is 19.4. The molecule has 0 bridgehead atoms. The molecular weight excluding hydrogens is 335 g/mol. The third kappa shape index (κ3) is 4.18. The van der Waals surface area contributed by atoms with E-state index in [2.05, 4.69) is 15.4 Å². The van der Waals surface area contributed by atoms with Crippen molar-refractivity contribution in [1.82, 2.24) is 14.8 Å². The summed E-state index contributed by atoms with van der Waals surface area (Å²) < 4.78 is 37.8. The van der Waals surface area contributed by atoms with Crippen LogP contribution < -0.4 is 11.1 Å². The number of nitrogens with two attached hydrogens (primary N) is 1. The summed E-state index contributed by atoms with van der Waals surface area (Å²) in [5, 5.41) is 7.43. The van der Waals surface area contributed by atoms with Crippen molar-refractivity contribution in [3.8, 4) is 0 Å². The van der Waals surface area contributed by atoms with Gasteiger partial charge in [-0.25, -0.2) is 0 Å². The molecule has 6 nitrogen and oxygen atoms in total. The average molecular weight is 351 g/mol. The van der Waals surface area contributed by atoms with Crippen LogP contribution in [-0.2, 0) is 13.1 Å². The molecule has 0 unspecified atom stereocenters. The molecule has 1 amide bonds. The molecule has 9 heteroatoms. The number of aryl methyl sites for hydroxylation is 1. The second-order valence-corrected chi connectivity index (χ2v) is 5.58. The van der Waals surface area contributed by atoms with E-state index in [1.54, 1.807) is 18.2 Å². The van der Waals surface area contributed by atoms with Crippen molar-refractivity contribution < 1.29 is 18.0 Å². The van der Waals surface area contributed by atoms with Gasteiger partial charge in [0.2, 0.25) is 0 Å². The summed E-state index contributed by atoms with van der Waals surface area (Å²) in [5.41, 5.74) is 7.62.